The zero-order valence-electron chi connectivity index (χ0n) is 5.59. The lowest BCUT2D eigenvalue weighted by Gasteiger charge is -2.13. The average molecular weight is 273 g/mol. The van der Waals surface area contributed by atoms with E-state index < -0.39 is 0 Å². The van der Waals surface area contributed by atoms with Crippen molar-refractivity contribution in [2.45, 2.75) is 9.84 Å². The Labute approximate surface area is 78.1 Å². The van der Waals surface area contributed by atoms with Crippen LogP contribution in [-0.4, -0.2) is 23.0 Å². The molecule has 60 valence electrons. The van der Waals surface area contributed by atoms with E-state index in [1.54, 1.807) is 6.08 Å². The Morgan fingerprint density at radius 3 is 2.60 bits per heavy atom. The van der Waals surface area contributed by atoms with Crippen molar-refractivity contribution in [3.63, 3.8) is 0 Å². The molecule has 2 atom stereocenters. The van der Waals surface area contributed by atoms with Crippen LogP contribution < -0.4 is 5.73 Å². The fourth-order valence-corrected chi connectivity index (χ4v) is 0.892. The van der Waals surface area contributed by atoms with E-state index in [9.17, 15) is 0 Å². The van der Waals surface area contributed by atoms with Crippen LogP contribution in [0.1, 0.15) is 0 Å². The molecule has 2 unspecified atom stereocenters. The monoisotopic (exact) mass is 271 g/mol. The second-order valence-corrected chi connectivity index (χ2v) is 3.80. The molecule has 0 saturated carbocycles. The van der Waals surface area contributed by atoms with Crippen molar-refractivity contribution in [1.29, 1.82) is 0 Å². The maximum atomic E-state index is 5.36. The van der Waals surface area contributed by atoms with Gasteiger partial charge in [-0.2, -0.15) is 0 Å². The minimum Gasteiger partial charge on any atom is -0.362 e. The normalized spacial score (nSPS) is 16.3. The van der Waals surface area contributed by atoms with Crippen molar-refractivity contribution < 1.29 is 4.74 Å². The Morgan fingerprint density at radius 1 is 1.60 bits per heavy atom. The highest BCUT2D eigenvalue weighted by Crippen LogP contribution is 2.13. The molecule has 0 aromatic carbocycles. The molecule has 0 saturated heterocycles. The van der Waals surface area contributed by atoms with Gasteiger partial charge in [-0.25, -0.2) is 0 Å². The number of alkyl halides is 2. The van der Waals surface area contributed by atoms with Crippen LogP contribution in [0.25, 0.3) is 0 Å². The highest BCUT2D eigenvalue weighted by molar-refractivity contribution is 9.12. The summed E-state index contributed by atoms with van der Waals surface area (Å²) in [5, 5.41) is -0.0319. The van der Waals surface area contributed by atoms with E-state index in [4.69, 9.17) is 10.5 Å². The van der Waals surface area contributed by atoms with E-state index >= 15 is 0 Å². The highest BCUT2D eigenvalue weighted by atomic mass is 79.9. The van der Waals surface area contributed by atoms with Gasteiger partial charge in [0.15, 0.2) is 0 Å². The number of hydrogen-bond acceptors (Lipinski definition) is 2. The molecule has 4 heteroatoms. The lowest BCUT2D eigenvalue weighted by atomic mass is 10.5. The van der Waals surface area contributed by atoms with Gasteiger partial charge < -0.3 is 10.5 Å². The molecular weight excluding hydrogens is 262 g/mol. The van der Waals surface area contributed by atoms with Crippen molar-refractivity contribution in [3.8, 4) is 0 Å². The molecular formula is C6H11Br2NO. The summed E-state index contributed by atoms with van der Waals surface area (Å²) in [5.74, 6) is 0. The molecule has 0 aliphatic carbocycles. The number of halogens is 2. The molecule has 0 radical (unpaired) electrons. The SMILES string of the molecule is C=CCOC(Br)C(Br)CN. The van der Waals surface area contributed by atoms with Crippen molar-refractivity contribution in [2.24, 2.45) is 5.73 Å². The Bertz CT molecular complexity index is 99.7. The lowest BCUT2D eigenvalue weighted by molar-refractivity contribution is 0.144. The summed E-state index contributed by atoms with van der Waals surface area (Å²) in [7, 11) is 0. The molecule has 0 amide bonds. The molecule has 2 nitrogen and oxygen atoms in total. The molecule has 0 aliphatic rings. The van der Waals surface area contributed by atoms with E-state index in [2.05, 4.69) is 38.4 Å². The smallest absolute Gasteiger partial charge is 0.126 e. The Balaban J connectivity index is 3.40. The Morgan fingerprint density at radius 2 is 2.20 bits per heavy atom. The van der Waals surface area contributed by atoms with Crippen LogP contribution in [0.4, 0.5) is 0 Å². The maximum Gasteiger partial charge on any atom is 0.126 e. The standard InChI is InChI=1S/C6H11Br2NO/c1-2-3-10-6(8)5(7)4-9/h2,5-6H,1,3-4,9H2. The average Bonchev–Trinajstić information content (AvgIpc) is 1.98. The summed E-state index contributed by atoms with van der Waals surface area (Å²) in [4.78, 5) is 0.160. The van der Waals surface area contributed by atoms with Gasteiger partial charge in [-0.1, -0.05) is 37.9 Å². The molecule has 10 heavy (non-hydrogen) atoms. The van der Waals surface area contributed by atoms with E-state index in [1.807, 2.05) is 0 Å². The van der Waals surface area contributed by atoms with Crippen molar-refractivity contribution in [2.75, 3.05) is 13.2 Å². The number of nitrogens with two attached hydrogens (primary N) is 1. The molecule has 0 aliphatic heterocycles. The van der Waals surface area contributed by atoms with E-state index in [0.29, 0.717) is 13.2 Å². The Hall–Kier alpha value is 0.620. The molecule has 2 N–H and O–H groups in total. The molecule has 0 spiro atoms. The molecule has 0 aromatic rings. The maximum absolute atomic E-state index is 5.36. The van der Waals surface area contributed by atoms with Crippen LogP contribution in [0.5, 0.6) is 0 Å². The number of rotatable bonds is 5. The van der Waals surface area contributed by atoms with Gasteiger partial charge in [0, 0.05) is 6.54 Å². The van der Waals surface area contributed by atoms with Gasteiger partial charge in [-0.15, -0.1) is 6.58 Å². The third kappa shape index (κ3) is 4.44. The fraction of sp³-hybridized carbons (Fsp3) is 0.667. The second-order valence-electron chi connectivity index (χ2n) is 1.72. The van der Waals surface area contributed by atoms with Crippen LogP contribution in [0, 0.1) is 0 Å². The molecule has 0 rings (SSSR count). The van der Waals surface area contributed by atoms with Gasteiger partial charge in [0.25, 0.3) is 0 Å². The fourth-order valence-electron chi connectivity index (χ4n) is 0.371. The molecule has 0 heterocycles. The van der Waals surface area contributed by atoms with Gasteiger partial charge in [-0.05, 0) is 0 Å². The summed E-state index contributed by atoms with van der Waals surface area (Å²) in [6.07, 6.45) is 1.70. The quantitative estimate of drug-likeness (QED) is 0.610. The minimum absolute atomic E-state index is 0.0319. The van der Waals surface area contributed by atoms with E-state index in [1.165, 1.54) is 0 Å². The van der Waals surface area contributed by atoms with Gasteiger partial charge >= 0.3 is 0 Å². The Kier molecular flexibility index (Phi) is 6.73. The summed E-state index contributed by atoms with van der Waals surface area (Å²) < 4.78 is 5.22. The predicted octanol–water partition coefficient (Wildman–Crippen LogP) is 1.63. The molecule has 0 fully saturated rings. The number of hydrogen-bond donors (Lipinski definition) is 1. The first-order chi connectivity index (χ1) is 4.72. The third-order valence-corrected chi connectivity index (χ3v) is 3.35. The van der Waals surface area contributed by atoms with Crippen LogP contribution in [-0.2, 0) is 4.74 Å². The number of ether oxygens (including phenoxy) is 1. The van der Waals surface area contributed by atoms with E-state index in [0.717, 1.165) is 0 Å². The van der Waals surface area contributed by atoms with Crippen LogP contribution >= 0.6 is 31.9 Å². The molecule has 0 aromatic heterocycles. The third-order valence-electron chi connectivity index (χ3n) is 0.883. The van der Waals surface area contributed by atoms with Crippen LogP contribution in [0.3, 0.4) is 0 Å². The summed E-state index contributed by atoms with van der Waals surface area (Å²) in [6.45, 7) is 4.61. The van der Waals surface area contributed by atoms with Crippen molar-refractivity contribution in [3.05, 3.63) is 12.7 Å². The largest absolute Gasteiger partial charge is 0.362 e. The van der Waals surface area contributed by atoms with Crippen LogP contribution in [0.2, 0.25) is 0 Å². The zero-order chi connectivity index (χ0) is 7.98. The van der Waals surface area contributed by atoms with Crippen molar-refractivity contribution >= 4 is 31.9 Å². The predicted molar refractivity (Wildman–Crippen MR) is 50.6 cm³/mol. The summed E-state index contributed by atoms with van der Waals surface area (Å²) in [5.41, 5.74) is 5.36. The minimum atomic E-state index is -0.0319. The first-order valence-corrected chi connectivity index (χ1v) is 4.76. The van der Waals surface area contributed by atoms with Crippen LogP contribution in [0.15, 0.2) is 12.7 Å². The summed E-state index contributed by atoms with van der Waals surface area (Å²) >= 11 is 6.65. The lowest BCUT2D eigenvalue weighted by Crippen LogP contribution is -2.25. The van der Waals surface area contributed by atoms with Gasteiger partial charge in [0.05, 0.1) is 11.4 Å². The van der Waals surface area contributed by atoms with E-state index in [-0.39, 0.29) is 9.84 Å². The first kappa shape index (κ1) is 10.6. The van der Waals surface area contributed by atoms with Gasteiger partial charge in [0.1, 0.15) is 5.01 Å². The first-order valence-electron chi connectivity index (χ1n) is 2.93. The molecule has 0 bridgehead atoms. The summed E-state index contributed by atoms with van der Waals surface area (Å²) in [6, 6.07) is 0. The topological polar surface area (TPSA) is 35.2 Å². The van der Waals surface area contributed by atoms with Gasteiger partial charge in [0.2, 0.25) is 0 Å². The highest BCUT2D eigenvalue weighted by Gasteiger charge is 2.12. The zero-order valence-corrected chi connectivity index (χ0v) is 8.77. The van der Waals surface area contributed by atoms with Gasteiger partial charge in [-0.3, -0.25) is 0 Å². The second kappa shape index (κ2) is 6.34. The van der Waals surface area contributed by atoms with Crippen molar-refractivity contribution in [1.82, 2.24) is 0 Å².